The standard InChI is InChI=1S/C19H19N5O3/c25-19(21-10-9-20-14-4-1-2-5-16(14)24(26)27)13-7-8-15-17(12-13)23-11-3-6-18(23)22-15/h1-2,4-5,7-8,12,20H,3,6,9-11H2,(H,21,25). The zero-order valence-corrected chi connectivity index (χ0v) is 14.6. The van der Waals surface area contributed by atoms with E-state index in [1.165, 1.54) is 6.07 Å². The molecule has 0 aliphatic carbocycles. The fourth-order valence-electron chi connectivity index (χ4n) is 3.41. The highest BCUT2D eigenvalue weighted by molar-refractivity contribution is 5.97. The van der Waals surface area contributed by atoms with Gasteiger partial charge in [-0.15, -0.1) is 0 Å². The number of rotatable bonds is 6. The topological polar surface area (TPSA) is 102 Å². The van der Waals surface area contributed by atoms with Crippen molar-refractivity contribution in [2.75, 3.05) is 18.4 Å². The van der Waals surface area contributed by atoms with Crippen LogP contribution in [-0.2, 0) is 13.0 Å². The molecule has 1 aliphatic heterocycles. The van der Waals surface area contributed by atoms with Gasteiger partial charge in [0.15, 0.2) is 0 Å². The van der Waals surface area contributed by atoms with Gasteiger partial charge in [0.05, 0.1) is 16.0 Å². The Morgan fingerprint density at radius 2 is 2.07 bits per heavy atom. The Morgan fingerprint density at radius 3 is 2.93 bits per heavy atom. The molecular formula is C19H19N5O3. The molecule has 0 saturated carbocycles. The normalized spacial score (nSPS) is 12.7. The minimum atomic E-state index is -0.430. The number of aromatic nitrogens is 2. The van der Waals surface area contributed by atoms with Crippen LogP contribution in [0.2, 0.25) is 0 Å². The van der Waals surface area contributed by atoms with Crippen molar-refractivity contribution in [3.05, 3.63) is 64.0 Å². The van der Waals surface area contributed by atoms with Gasteiger partial charge in [-0.05, 0) is 30.7 Å². The largest absolute Gasteiger partial charge is 0.378 e. The number of aryl methyl sites for hydroxylation is 2. The molecule has 0 radical (unpaired) electrons. The lowest BCUT2D eigenvalue weighted by Crippen LogP contribution is -2.28. The lowest BCUT2D eigenvalue weighted by molar-refractivity contribution is -0.384. The quantitative estimate of drug-likeness (QED) is 0.397. The van der Waals surface area contributed by atoms with E-state index in [2.05, 4.69) is 20.2 Å². The van der Waals surface area contributed by atoms with Gasteiger partial charge in [-0.3, -0.25) is 14.9 Å². The number of nitro benzene ring substituents is 1. The van der Waals surface area contributed by atoms with E-state index in [9.17, 15) is 14.9 Å². The van der Waals surface area contributed by atoms with Gasteiger partial charge in [-0.1, -0.05) is 12.1 Å². The zero-order valence-electron chi connectivity index (χ0n) is 14.6. The average Bonchev–Trinajstić information content (AvgIpc) is 3.26. The minimum Gasteiger partial charge on any atom is -0.378 e. The number of nitrogens with zero attached hydrogens (tertiary/aromatic N) is 3. The summed E-state index contributed by atoms with van der Waals surface area (Å²) in [6, 6.07) is 12.0. The predicted octanol–water partition coefficient (Wildman–Crippen LogP) is 2.73. The number of imidazole rings is 1. The van der Waals surface area contributed by atoms with Crippen LogP contribution in [0.15, 0.2) is 42.5 Å². The summed E-state index contributed by atoms with van der Waals surface area (Å²) in [4.78, 5) is 27.6. The molecule has 2 heterocycles. The van der Waals surface area contributed by atoms with Crippen molar-refractivity contribution >= 4 is 28.3 Å². The van der Waals surface area contributed by atoms with Crippen molar-refractivity contribution in [3.8, 4) is 0 Å². The molecule has 138 valence electrons. The number of anilines is 1. The van der Waals surface area contributed by atoms with Crippen molar-refractivity contribution in [3.63, 3.8) is 0 Å². The first kappa shape index (κ1) is 17.0. The van der Waals surface area contributed by atoms with E-state index < -0.39 is 4.92 Å². The van der Waals surface area contributed by atoms with E-state index in [0.717, 1.165) is 36.2 Å². The van der Waals surface area contributed by atoms with E-state index in [-0.39, 0.29) is 11.6 Å². The Labute approximate surface area is 155 Å². The third kappa shape index (κ3) is 3.33. The number of benzene rings is 2. The van der Waals surface area contributed by atoms with Crippen molar-refractivity contribution < 1.29 is 9.72 Å². The number of carbonyl (C=O) groups excluding carboxylic acids is 1. The van der Waals surface area contributed by atoms with Gasteiger partial charge < -0.3 is 15.2 Å². The minimum absolute atomic E-state index is 0.0175. The highest BCUT2D eigenvalue weighted by Crippen LogP contribution is 2.24. The summed E-state index contributed by atoms with van der Waals surface area (Å²) >= 11 is 0. The van der Waals surface area contributed by atoms with Crippen molar-refractivity contribution in [2.45, 2.75) is 19.4 Å². The van der Waals surface area contributed by atoms with Gasteiger partial charge in [0.1, 0.15) is 11.5 Å². The molecule has 4 rings (SSSR count). The van der Waals surface area contributed by atoms with E-state index in [1.54, 1.807) is 24.3 Å². The third-order valence-electron chi connectivity index (χ3n) is 4.70. The maximum absolute atomic E-state index is 12.4. The molecule has 27 heavy (non-hydrogen) atoms. The van der Waals surface area contributed by atoms with Gasteiger partial charge in [-0.25, -0.2) is 4.98 Å². The number of hydrogen-bond donors (Lipinski definition) is 2. The molecule has 0 unspecified atom stereocenters. The molecule has 0 atom stereocenters. The fourth-order valence-corrected chi connectivity index (χ4v) is 3.41. The molecular weight excluding hydrogens is 346 g/mol. The SMILES string of the molecule is O=C(NCCNc1ccccc1[N+](=O)[O-])c1ccc2nc3n(c2c1)CCC3. The van der Waals surface area contributed by atoms with Gasteiger partial charge in [-0.2, -0.15) is 0 Å². The Hall–Kier alpha value is -3.42. The van der Waals surface area contributed by atoms with Crippen LogP contribution in [0, 0.1) is 10.1 Å². The van der Waals surface area contributed by atoms with Gasteiger partial charge in [0.2, 0.25) is 0 Å². The first-order valence-electron chi connectivity index (χ1n) is 8.88. The van der Waals surface area contributed by atoms with Gasteiger partial charge in [0.25, 0.3) is 11.6 Å². The predicted molar refractivity (Wildman–Crippen MR) is 102 cm³/mol. The second kappa shape index (κ2) is 7.06. The number of fused-ring (bicyclic) bond motifs is 3. The molecule has 3 aromatic rings. The van der Waals surface area contributed by atoms with Crippen LogP contribution < -0.4 is 10.6 Å². The van der Waals surface area contributed by atoms with Crippen LogP contribution in [0.25, 0.3) is 11.0 Å². The van der Waals surface area contributed by atoms with E-state index >= 15 is 0 Å². The van der Waals surface area contributed by atoms with E-state index in [0.29, 0.717) is 24.3 Å². The Kier molecular flexibility index (Phi) is 4.45. The third-order valence-corrected chi connectivity index (χ3v) is 4.70. The number of nitro groups is 1. The van der Waals surface area contributed by atoms with E-state index in [4.69, 9.17) is 0 Å². The van der Waals surface area contributed by atoms with Crippen LogP contribution >= 0.6 is 0 Å². The summed E-state index contributed by atoms with van der Waals surface area (Å²) in [7, 11) is 0. The summed E-state index contributed by atoms with van der Waals surface area (Å²) in [5.41, 5.74) is 2.95. The summed E-state index contributed by atoms with van der Waals surface area (Å²) in [6.45, 7) is 1.69. The molecule has 1 aromatic heterocycles. The van der Waals surface area contributed by atoms with Gasteiger partial charge in [0, 0.05) is 37.7 Å². The van der Waals surface area contributed by atoms with Crippen LogP contribution in [0.5, 0.6) is 0 Å². The summed E-state index contributed by atoms with van der Waals surface area (Å²) in [6.07, 6.45) is 2.07. The molecule has 0 fully saturated rings. The van der Waals surface area contributed by atoms with Gasteiger partial charge >= 0.3 is 0 Å². The molecule has 2 aromatic carbocycles. The zero-order chi connectivity index (χ0) is 18.8. The van der Waals surface area contributed by atoms with Crippen molar-refractivity contribution in [1.82, 2.24) is 14.9 Å². The molecule has 8 nitrogen and oxygen atoms in total. The molecule has 8 heteroatoms. The highest BCUT2D eigenvalue weighted by Gasteiger charge is 2.17. The van der Waals surface area contributed by atoms with Crippen LogP contribution in [0.3, 0.4) is 0 Å². The smallest absolute Gasteiger partial charge is 0.292 e. The highest BCUT2D eigenvalue weighted by atomic mass is 16.6. The number of para-hydroxylation sites is 2. The molecule has 1 amide bonds. The maximum atomic E-state index is 12.4. The number of hydrogen-bond acceptors (Lipinski definition) is 5. The first-order valence-corrected chi connectivity index (χ1v) is 8.88. The maximum Gasteiger partial charge on any atom is 0.292 e. The lowest BCUT2D eigenvalue weighted by Gasteiger charge is -2.09. The van der Waals surface area contributed by atoms with E-state index in [1.807, 2.05) is 12.1 Å². The number of amides is 1. The molecule has 0 bridgehead atoms. The molecule has 0 saturated heterocycles. The number of nitrogens with one attached hydrogen (secondary N) is 2. The number of carbonyl (C=O) groups is 1. The summed E-state index contributed by atoms with van der Waals surface area (Å²) in [5, 5.41) is 16.8. The summed E-state index contributed by atoms with van der Waals surface area (Å²) < 4.78 is 2.17. The summed E-state index contributed by atoms with van der Waals surface area (Å²) in [5.74, 6) is 0.908. The van der Waals surface area contributed by atoms with Crippen molar-refractivity contribution in [2.24, 2.45) is 0 Å². The molecule has 0 spiro atoms. The Balaban J connectivity index is 1.37. The monoisotopic (exact) mass is 365 g/mol. The fraction of sp³-hybridized carbons (Fsp3) is 0.263. The second-order valence-electron chi connectivity index (χ2n) is 6.44. The van der Waals surface area contributed by atoms with Crippen LogP contribution in [0.4, 0.5) is 11.4 Å². The first-order chi connectivity index (χ1) is 13.1. The average molecular weight is 365 g/mol. The molecule has 2 N–H and O–H groups in total. The second-order valence-corrected chi connectivity index (χ2v) is 6.44. The Morgan fingerprint density at radius 1 is 1.22 bits per heavy atom. The Bertz CT molecular complexity index is 1030. The van der Waals surface area contributed by atoms with Crippen LogP contribution in [0.1, 0.15) is 22.6 Å². The lowest BCUT2D eigenvalue weighted by atomic mass is 10.2. The molecule has 1 aliphatic rings. The van der Waals surface area contributed by atoms with Crippen LogP contribution in [-0.4, -0.2) is 33.5 Å². The van der Waals surface area contributed by atoms with Crippen molar-refractivity contribution in [1.29, 1.82) is 0 Å².